The van der Waals surface area contributed by atoms with Crippen molar-refractivity contribution in [2.75, 3.05) is 5.32 Å². The molecule has 1 N–H and O–H groups in total. The van der Waals surface area contributed by atoms with Gasteiger partial charge < -0.3 is 9.88 Å². The number of para-hydroxylation sites is 2. The van der Waals surface area contributed by atoms with Gasteiger partial charge >= 0.3 is 0 Å². The molecule has 0 spiro atoms. The number of imidazole rings is 1. The molecule has 1 heterocycles. The van der Waals surface area contributed by atoms with E-state index in [0.29, 0.717) is 13.1 Å². The summed E-state index contributed by atoms with van der Waals surface area (Å²) in [5, 5.41) is 4.12. The van der Waals surface area contributed by atoms with Crippen molar-refractivity contribution < 1.29 is 0 Å². The van der Waals surface area contributed by atoms with E-state index in [1.807, 2.05) is 48.5 Å². The van der Waals surface area contributed by atoms with E-state index in [2.05, 4.69) is 27.5 Å². The van der Waals surface area contributed by atoms with Crippen molar-refractivity contribution in [2.45, 2.75) is 13.1 Å². The van der Waals surface area contributed by atoms with Crippen molar-refractivity contribution in [1.82, 2.24) is 9.55 Å². The molecule has 0 radical (unpaired) electrons. The molecule has 0 fully saturated rings. The molecule has 3 nitrogen and oxygen atoms in total. The predicted octanol–water partition coefficient (Wildman–Crippen LogP) is 4.49. The van der Waals surface area contributed by atoms with Crippen LogP contribution in [0.25, 0.3) is 11.0 Å². The van der Waals surface area contributed by atoms with Gasteiger partial charge in [-0.2, -0.15) is 0 Å². The fraction of sp³-hybridized carbons (Fsp3) is 0.118. The third-order valence-electron chi connectivity index (χ3n) is 3.36. The molecular formula is C17H16ClN3. The van der Waals surface area contributed by atoms with Gasteiger partial charge in [0, 0.05) is 18.1 Å². The van der Waals surface area contributed by atoms with Gasteiger partial charge in [-0.05, 0) is 23.8 Å². The maximum Gasteiger partial charge on any atom is 0.204 e. The number of rotatable bonds is 5. The van der Waals surface area contributed by atoms with Crippen LogP contribution >= 0.6 is 11.6 Å². The Balaban J connectivity index is 1.91. The molecular weight excluding hydrogens is 282 g/mol. The van der Waals surface area contributed by atoms with Crippen molar-refractivity contribution in [2.24, 2.45) is 0 Å². The molecule has 21 heavy (non-hydrogen) atoms. The third kappa shape index (κ3) is 2.78. The Morgan fingerprint density at radius 1 is 1.14 bits per heavy atom. The van der Waals surface area contributed by atoms with Crippen molar-refractivity contribution >= 4 is 28.6 Å². The Bertz CT molecular complexity index is 777. The summed E-state index contributed by atoms with van der Waals surface area (Å²) in [5.41, 5.74) is 3.12. The first kappa shape index (κ1) is 13.7. The zero-order valence-electron chi connectivity index (χ0n) is 11.6. The zero-order chi connectivity index (χ0) is 14.7. The molecule has 3 aromatic rings. The Morgan fingerprint density at radius 3 is 2.71 bits per heavy atom. The van der Waals surface area contributed by atoms with Crippen LogP contribution in [0.5, 0.6) is 0 Å². The largest absolute Gasteiger partial charge is 0.351 e. The summed E-state index contributed by atoms with van der Waals surface area (Å²) < 4.78 is 2.11. The van der Waals surface area contributed by atoms with Gasteiger partial charge in [-0.3, -0.25) is 0 Å². The molecule has 4 heteroatoms. The van der Waals surface area contributed by atoms with Crippen LogP contribution in [-0.4, -0.2) is 9.55 Å². The van der Waals surface area contributed by atoms with Gasteiger partial charge in [0.05, 0.1) is 11.0 Å². The fourth-order valence-corrected chi connectivity index (χ4v) is 2.54. The number of nitrogens with zero attached hydrogens (tertiary/aromatic N) is 2. The number of hydrogen-bond donors (Lipinski definition) is 1. The van der Waals surface area contributed by atoms with Crippen LogP contribution in [0.15, 0.2) is 61.2 Å². The summed E-state index contributed by atoms with van der Waals surface area (Å²) in [6.07, 6.45) is 1.87. The Labute approximate surface area is 128 Å². The molecule has 0 bridgehead atoms. The number of benzene rings is 2. The first-order chi connectivity index (χ1) is 10.3. The van der Waals surface area contributed by atoms with E-state index in [1.165, 1.54) is 0 Å². The topological polar surface area (TPSA) is 29.9 Å². The van der Waals surface area contributed by atoms with E-state index in [9.17, 15) is 0 Å². The van der Waals surface area contributed by atoms with Crippen LogP contribution in [0, 0.1) is 0 Å². The molecule has 0 aliphatic rings. The maximum absolute atomic E-state index is 6.19. The maximum atomic E-state index is 6.19. The lowest BCUT2D eigenvalue weighted by Gasteiger charge is -2.09. The molecule has 1 aromatic heterocycles. The Kier molecular flexibility index (Phi) is 3.93. The molecule has 0 amide bonds. The monoisotopic (exact) mass is 297 g/mol. The first-order valence-corrected chi connectivity index (χ1v) is 7.21. The van der Waals surface area contributed by atoms with E-state index >= 15 is 0 Å². The van der Waals surface area contributed by atoms with Gasteiger partial charge in [-0.15, -0.1) is 6.58 Å². The summed E-state index contributed by atoms with van der Waals surface area (Å²) in [7, 11) is 0. The van der Waals surface area contributed by atoms with Crippen LogP contribution in [0.1, 0.15) is 5.56 Å². The highest BCUT2D eigenvalue weighted by molar-refractivity contribution is 6.31. The quantitative estimate of drug-likeness (QED) is 0.703. The second kappa shape index (κ2) is 6.02. The summed E-state index contributed by atoms with van der Waals surface area (Å²) >= 11 is 6.19. The highest BCUT2D eigenvalue weighted by atomic mass is 35.5. The van der Waals surface area contributed by atoms with Gasteiger partial charge in [0.15, 0.2) is 0 Å². The molecule has 0 aliphatic carbocycles. The van der Waals surface area contributed by atoms with Crippen LogP contribution in [0.2, 0.25) is 5.02 Å². The number of allylic oxidation sites excluding steroid dienone is 1. The molecule has 0 atom stereocenters. The highest BCUT2D eigenvalue weighted by Gasteiger charge is 2.09. The summed E-state index contributed by atoms with van der Waals surface area (Å²) in [4.78, 5) is 4.64. The van der Waals surface area contributed by atoms with Crippen LogP contribution < -0.4 is 5.32 Å². The van der Waals surface area contributed by atoms with Crippen LogP contribution in [0.3, 0.4) is 0 Å². The summed E-state index contributed by atoms with van der Waals surface area (Å²) in [6, 6.07) is 15.9. The van der Waals surface area contributed by atoms with Gasteiger partial charge in [0.25, 0.3) is 0 Å². The van der Waals surface area contributed by atoms with E-state index < -0.39 is 0 Å². The number of nitrogens with one attached hydrogen (secondary N) is 1. The van der Waals surface area contributed by atoms with Gasteiger partial charge in [0.2, 0.25) is 5.95 Å². The molecule has 0 unspecified atom stereocenters. The second-order valence-electron chi connectivity index (χ2n) is 4.77. The average Bonchev–Trinajstić information content (AvgIpc) is 2.85. The zero-order valence-corrected chi connectivity index (χ0v) is 12.3. The van der Waals surface area contributed by atoms with Crippen molar-refractivity contribution in [3.8, 4) is 0 Å². The first-order valence-electron chi connectivity index (χ1n) is 6.83. The number of fused-ring (bicyclic) bond motifs is 1. The smallest absolute Gasteiger partial charge is 0.204 e. The molecule has 0 saturated heterocycles. The standard InChI is InChI=1S/C17H16ClN3/c1-2-11-21-16-10-6-5-9-15(16)20-17(21)19-12-13-7-3-4-8-14(13)18/h2-10H,1,11-12H2,(H,19,20). The summed E-state index contributed by atoms with van der Waals surface area (Å²) in [6.45, 7) is 5.17. The lowest BCUT2D eigenvalue weighted by atomic mass is 10.2. The van der Waals surface area contributed by atoms with E-state index in [0.717, 1.165) is 27.6 Å². The Hall–Kier alpha value is -2.26. The van der Waals surface area contributed by atoms with E-state index in [-0.39, 0.29) is 0 Å². The molecule has 0 saturated carbocycles. The SMILES string of the molecule is C=CCn1c(NCc2ccccc2Cl)nc2ccccc21. The number of anilines is 1. The van der Waals surface area contributed by atoms with Crippen molar-refractivity contribution in [3.63, 3.8) is 0 Å². The van der Waals surface area contributed by atoms with Gasteiger partial charge in [-0.1, -0.05) is 48.0 Å². The molecule has 0 aliphatic heterocycles. The third-order valence-corrected chi connectivity index (χ3v) is 3.73. The minimum absolute atomic E-state index is 0.639. The van der Waals surface area contributed by atoms with Gasteiger partial charge in [0.1, 0.15) is 0 Å². The minimum Gasteiger partial charge on any atom is -0.351 e. The van der Waals surface area contributed by atoms with Crippen molar-refractivity contribution in [3.05, 3.63) is 71.8 Å². The number of halogens is 1. The highest BCUT2D eigenvalue weighted by Crippen LogP contribution is 2.21. The van der Waals surface area contributed by atoms with Crippen molar-refractivity contribution in [1.29, 1.82) is 0 Å². The molecule has 106 valence electrons. The second-order valence-corrected chi connectivity index (χ2v) is 5.18. The van der Waals surface area contributed by atoms with Crippen LogP contribution in [-0.2, 0) is 13.1 Å². The number of hydrogen-bond acceptors (Lipinski definition) is 2. The normalized spacial score (nSPS) is 10.7. The van der Waals surface area contributed by atoms with E-state index in [1.54, 1.807) is 0 Å². The molecule has 3 rings (SSSR count). The lowest BCUT2D eigenvalue weighted by Crippen LogP contribution is -2.07. The average molecular weight is 298 g/mol. The molecule has 2 aromatic carbocycles. The summed E-state index contributed by atoms with van der Waals surface area (Å²) in [5.74, 6) is 0.830. The lowest BCUT2D eigenvalue weighted by molar-refractivity contribution is 0.846. The van der Waals surface area contributed by atoms with Crippen LogP contribution in [0.4, 0.5) is 5.95 Å². The predicted molar refractivity (Wildman–Crippen MR) is 88.7 cm³/mol. The van der Waals surface area contributed by atoms with Gasteiger partial charge in [-0.25, -0.2) is 4.98 Å². The number of aromatic nitrogens is 2. The Morgan fingerprint density at radius 2 is 1.90 bits per heavy atom. The van der Waals surface area contributed by atoms with E-state index in [4.69, 9.17) is 11.6 Å². The fourth-order valence-electron chi connectivity index (χ4n) is 2.34. The minimum atomic E-state index is 0.639.